The van der Waals surface area contributed by atoms with Crippen molar-refractivity contribution in [2.24, 2.45) is 17.6 Å². The lowest BCUT2D eigenvalue weighted by Crippen LogP contribution is -2.30. The van der Waals surface area contributed by atoms with E-state index in [2.05, 4.69) is 0 Å². The van der Waals surface area contributed by atoms with E-state index in [1.165, 1.54) is 12.8 Å². The van der Waals surface area contributed by atoms with Crippen molar-refractivity contribution < 1.29 is 4.74 Å². The van der Waals surface area contributed by atoms with Crippen LogP contribution in [0.25, 0.3) is 0 Å². The third-order valence-corrected chi connectivity index (χ3v) is 3.15. The van der Waals surface area contributed by atoms with Crippen LogP contribution in [-0.2, 0) is 4.74 Å². The highest BCUT2D eigenvalue weighted by molar-refractivity contribution is 5.11. The predicted octanol–water partition coefficient (Wildman–Crippen LogP) is 0.121. The number of fused-ring (bicyclic) bond motifs is 5. The smallest absolute Gasteiger partial charge is 0.0887 e. The summed E-state index contributed by atoms with van der Waals surface area (Å²) in [5.41, 5.74) is 5.86. The van der Waals surface area contributed by atoms with Crippen molar-refractivity contribution in [2.45, 2.75) is 31.1 Å². The molecule has 0 spiro atoms. The van der Waals surface area contributed by atoms with Crippen LogP contribution >= 0.6 is 0 Å². The zero-order valence-electron chi connectivity index (χ0n) is 5.29. The zero-order chi connectivity index (χ0) is 6.01. The van der Waals surface area contributed by atoms with Crippen LogP contribution in [0.2, 0.25) is 0 Å². The van der Waals surface area contributed by atoms with Crippen molar-refractivity contribution >= 4 is 0 Å². The molecule has 1 heterocycles. The molecule has 2 bridgehead atoms. The lowest BCUT2D eigenvalue weighted by molar-refractivity contribution is 0.261. The maximum absolute atomic E-state index is 5.86. The first-order chi connectivity index (χ1) is 4.36. The first-order valence-electron chi connectivity index (χ1n) is 3.77. The van der Waals surface area contributed by atoms with Gasteiger partial charge in [0.15, 0.2) is 0 Å². The van der Waals surface area contributed by atoms with Crippen LogP contribution in [0.4, 0.5) is 0 Å². The highest BCUT2D eigenvalue weighted by atomic mass is 16.6. The molecule has 0 aromatic heterocycles. The highest BCUT2D eigenvalue weighted by Gasteiger charge is 2.62. The van der Waals surface area contributed by atoms with E-state index in [4.69, 9.17) is 10.5 Å². The van der Waals surface area contributed by atoms with Crippen LogP contribution in [0, 0.1) is 11.8 Å². The van der Waals surface area contributed by atoms with Crippen molar-refractivity contribution in [1.29, 1.82) is 0 Å². The molecule has 0 aromatic carbocycles. The van der Waals surface area contributed by atoms with Gasteiger partial charge in [0.1, 0.15) is 0 Å². The second-order valence-corrected chi connectivity index (χ2v) is 3.62. The summed E-state index contributed by atoms with van der Waals surface area (Å²) >= 11 is 0. The van der Waals surface area contributed by atoms with Gasteiger partial charge in [-0.2, -0.15) is 0 Å². The highest BCUT2D eigenvalue weighted by Crippen LogP contribution is 2.55. The Labute approximate surface area is 54.4 Å². The monoisotopic (exact) mass is 125 g/mol. The van der Waals surface area contributed by atoms with Gasteiger partial charge in [-0.05, 0) is 18.8 Å². The van der Waals surface area contributed by atoms with Crippen molar-refractivity contribution in [3.05, 3.63) is 0 Å². The van der Waals surface area contributed by atoms with Gasteiger partial charge >= 0.3 is 0 Å². The molecule has 2 saturated carbocycles. The van der Waals surface area contributed by atoms with Gasteiger partial charge in [0.2, 0.25) is 0 Å². The molecule has 3 aliphatic rings. The molecule has 9 heavy (non-hydrogen) atoms. The SMILES string of the molecule is NC1CC2CC1C1OC21. The molecule has 1 aliphatic heterocycles. The Morgan fingerprint density at radius 1 is 1.22 bits per heavy atom. The minimum atomic E-state index is 0.471. The Kier molecular flexibility index (Phi) is 0.616. The van der Waals surface area contributed by atoms with Crippen molar-refractivity contribution in [3.63, 3.8) is 0 Å². The molecule has 2 heteroatoms. The molecule has 3 rings (SSSR count). The second kappa shape index (κ2) is 1.18. The fourth-order valence-electron chi connectivity index (χ4n) is 2.65. The molecule has 0 radical (unpaired) electrons. The lowest BCUT2D eigenvalue weighted by atomic mass is 9.96. The number of rotatable bonds is 0. The summed E-state index contributed by atoms with van der Waals surface area (Å²) in [6.07, 6.45) is 3.83. The molecule has 0 amide bonds. The molecule has 3 fully saturated rings. The molecular weight excluding hydrogens is 114 g/mol. The molecule has 50 valence electrons. The van der Waals surface area contributed by atoms with Crippen LogP contribution < -0.4 is 5.73 Å². The largest absolute Gasteiger partial charge is 0.369 e. The zero-order valence-corrected chi connectivity index (χ0v) is 5.29. The molecule has 5 atom stereocenters. The average Bonchev–Trinajstić information content (AvgIpc) is 2.46. The Morgan fingerprint density at radius 3 is 2.67 bits per heavy atom. The maximum atomic E-state index is 5.86. The van der Waals surface area contributed by atoms with E-state index in [1.54, 1.807) is 0 Å². The second-order valence-electron chi connectivity index (χ2n) is 3.62. The Hall–Kier alpha value is -0.0800. The van der Waals surface area contributed by atoms with Gasteiger partial charge in [-0.3, -0.25) is 0 Å². The Bertz CT molecular complexity index is 155. The Morgan fingerprint density at radius 2 is 2.11 bits per heavy atom. The molecule has 5 unspecified atom stereocenters. The fraction of sp³-hybridized carbons (Fsp3) is 1.00. The van der Waals surface area contributed by atoms with Gasteiger partial charge in [0, 0.05) is 12.0 Å². The first-order valence-corrected chi connectivity index (χ1v) is 3.77. The number of epoxide rings is 1. The van der Waals surface area contributed by atoms with E-state index in [-0.39, 0.29) is 0 Å². The minimum absolute atomic E-state index is 0.471. The predicted molar refractivity (Wildman–Crippen MR) is 32.9 cm³/mol. The van der Waals surface area contributed by atoms with Crippen molar-refractivity contribution in [3.8, 4) is 0 Å². The van der Waals surface area contributed by atoms with Gasteiger partial charge in [0.25, 0.3) is 0 Å². The summed E-state index contributed by atoms with van der Waals surface area (Å²) in [7, 11) is 0. The third kappa shape index (κ3) is 0.413. The van der Waals surface area contributed by atoms with E-state index in [9.17, 15) is 0 Å². The van der Waals surface area contributed by atoms with E-state index < -0.39 is 0 Å². The Balaban J connectivity index is 1.96. The quantitative estimate of drug-likeness (QED) is 0.467. The van der Waals surface area contributed by atoms with E-state index in [1.807, 2.05) is 0 Å². The standard InChI is InChI=1S/C7H11NO/c8-5-2-3-1-4(5)7-6(3)9-7/h3-7H,1-2,8H2. The van der Waals surface area contributed by atoms with Crippen LogP contribution in [0.15, 0.2) is 0 Å². The van der Waals surface area contributed by atoms with Crippen LogP contribution in [0.1, 0.15) is 12.8 Å². The summed E-state index contributed by atoms with van der Waals surface area (Å²) in [5.74, 6) is 1.58. The summed E-state index contributed by atoms with van der Waals surface area (Å²) in [5, 5.41) is 0. The lowest BCUT2D eigenvalue weighted by Gasteiger charge is -2.12. The summed E-state index contributed by atoms with van der Waals surface area (Å²) in [4.78, 5) is 0. The first kappa shape index (κ1) is 4.69. The fourth-order valence-corrected chi connectivity index (χ4v) is 2.65. The van der Waals surface area contributed by atoms with Crippen LogP contribution in [-0.4, -0.2) is 18.2 Å². The number of hydrogen-bond donors (Lipinski definition) is 1. The number of hydrogen-bond acceptors (Lipinski definition) is 2. The minimum Gasteiger partial charge on any atom is -0.369 e. The topological polar surface area (TPSA) is 38.5 Å². The molecule has 2 N–H and O–H groups in total. The van der Waals surface area contributed by atoms with Crippen molar-refractivity contribution in [1.82, 2.24) is 0 Å². The van der Waals surface area contributed by atoms with Gasteiger partial charge in [-0.15, -0.1) is 0 Å². The number of ether oxygens (including phenoxy) is 1. The van der Waals surface area contributed by atoms with Crippen LogP contribution in [0.3, 0.4) is 0 Å². The summed E-state index contributed by atoms with van der Waals surface area (Å²) in [6, 6.07) is 0.471. The number of nitrogens with two attached hydrogens (primary N) is 1. The average molecular weight is 125 g/mol. The molecular formula is C7H11NO. The van der Waals surface area contributed by atoms with Gasteiger partial charge in [-0.1, -0.05) is 0 Å². The van der Waals surface area contributed by atoms with Gasteiger partial charge < -0.3 is 10.5 Å². The van der Waals surface area contributed by atoms with Crippen LogP contribution in [0.5, 0.6) is 0 Å². The molecule has 0 aromatic rings. The van der Waals surface area contributed by atoms with E-state index in [0.29, 0.717) is 18.2 Å². The van der Waals surface area contributed by atoms with Crippen molar-refractivity contribution in [2.75, 3.05) is 0 Å². The molecule has 2 nitrogen and oxygen atoms in total. The maximum Gasteiger partial charge on any atom is 0.0887 e. The third-order valence-electron chi connectivity index (χ3n) is 3.15. The van der Waals surface area contributed by atoms with E-state index in [0.717, 1.165) is 11.8 Å². The molecule has 2 aliphatic carbocycles. The van der Waals surface area contributed by atoms with Gasteiger partial charge in [-0.25, -0.2) is 0 Å². The van der Waals surface area contributed by atoms with E-state index >= 15 is 0 Å². The normalized spacial score (nSPS) is 68.3. The van der Waals surface area contributed by atoms with Gasteiger partial charge in [0.05, 0.1) is 12.2 Å². The molecule has 1 saturated heterocycles. The summed E-state index contributed by atoms with van der Waals surface area (Å²) < 4.78 is 5.43. The summed E-state index contributed by atoms with van der Waals surface area (Å²) in [6.45, 7) is 0.